The van der Waals surface area contributed by atoms with Gasteiger partial charge in [-0.15, -0.1) is 0 Å². The van der Waals surface area contributed by atoms with Gasteiger partial charge in [-0.1, -0.05) is 0 Å². The maximum atomic E-state index is 12.5. The number of anilines is 2. The van der Waals surface area contributed by atoms with Crippen molar-refractivity contribution in [2.24, 2.45) is 0 Å². The van der Waals surface area contributed by atoms with Crippen molar-refractivity contribution in [2.45, 2.75) is 6.42 Å². The van der Waals surface area contributed by atoms with Gasteiger partial charge in [0.05, 0.1) is 19.9 Å². The topological polar surface area (TPSA) is 81.7 Å². The van der Waals surface area contributed by atoms with Crippen LogP contribution in [0, 0.1) is 0 Å². The summed E-state index contributed by atoms with van der Waals surface area (Å²) in [5, 5.41) is 6.00. The Hall–Kier alpha value is -2.80. The van der Waals surface area contributed by atoms with E-state index in [0.717, 1.165) is 13.0 Å². The molecule has 1 aromatic carbocycles. The highest BCUT2D eigenvalue weighted by Crippen LogP contribution is 2.29. The molecule has 1 amide bonds. The van der Waals surface area contributed by atoms with E-state index >= 15 is 0 Å². The maximum absolute atomic E-state index is 12.5. The summed E-state index contributed by atoms with van der Waals surface area (Å²) in [5.74, 6) is 1.57. The summed E-state index contributed by atoms with van der Waals surface area (Å²) >= 11 is 0. The van der Waals surface area contributed by atoms with Crippen LogP contribution in [0.2, 0.25) is 0 Å². The summed E-state index contributed by atoms with van der Waals surface area (Å²) in [6.07, 6.45) is 2.45. The van der Waals surface area contributed by atoms with Crippen molar-refractivity contribution in [1.29, 1.82) is 0 Å². The minimum atomic E-state index is -0.256. The molecule has 0 spiro atoms. The van der Waals surface area contributed by atoms with Gasteiger partial charge < -0.3 is 24.8 Å². The first-order chi connectivity index (χ1) is 12.2. The van der Waals surface area contributed by atoms with Crippen molar-refractivity contribution >= 4 is 17.4 Å². The van der Waals surface area contributed by atoms with E-state index in [9.17, 15) is 4.79 Å². The summed E-state index contributed by atoms with van der Waals surface area (Å²) < 4.78 is 15.5. The number of aromatic nitrogens is 1. The van der Waals surface area contributed by atoms with Crippen LogP contribution in [0.15, 0.2) is 36.5 Å². The second-order valence-corrected chi connectivity index (χ2v) is 5.22. The van der Waals surface area contributed by atoms with Crippen LogP contribution in [0.1, 0.15) is 16.8 Å². The van der Waals surface area contributed by atoms with Crippen molar-refractivity contribution in [3.05, 3.63) is 42.1 Å². The summed E-state index contributed by atoms with van der Waals surface area (Å²) in [4.78, 5) is 16.7. The molecule has 0 bridgehead atoms. The lowest BCUT2D eigenvalue weighted by Crippen LogP contribution is -2.14. The maximum Gasteiger partial charge on any atom is 0.255 e. The summed E-state index contributed by atoms with van der Waals surface area (Å²) in [6, 6.07) is 8.58. The van der Waals surface area contributed by atoms with Crippen molar-refractivity contribution in [2.75, 3.05) is 45.1 Å². The van der Waals surface area contributed by atoms with Crippen LogP contribution in [0.25, 0.3) is 0 Å². The van der Waals surface area contributed by atoms with E-state index in [0.29, 0.717) is 35.2 Å². The van der Waals surface area contributed by atoms with Gasteiger partial charge in [-0.3, -0.25) is 4.79 Å². The summed E-state index contributed by atoms with van der Waals surface area (Å²) in [5.41, 5.74) is 1.03. The molecule has 7 heteroatoms. The molecule has 0 aliphatic heterocycles. The molecule has 0 saturated carbocycles. The lowest BCUT2D eigenvalue weighted by atomic mass is 10.2. The third-order valence-corrected chi connectivity index (χ3v) is 3.51. The quantitative estimate of drug-likeness (QED) is 0.680. The van der Waals surface area contributed by atoms with E-state index in [4.69, 9.17) is 14.2 Å². The van der Waals surface area contributed by atoms with Crippen LogP contribution in [0.5, 0.6) is 11.5 Å². The fourth-order valence-corrected chi connectivity index (χ4v) is 2.21. The van der Waals surface area contributed by atoms with Crippen LogP contribution in [0.4, 0.5) is 11.5 Å². The largest absolute Gasteiger partial charge is 0.497 e. The van der Waals surface area contributed by atoms with Gasteiger partial charge in [-0.25, -0.2) is 4.98 Å². The Bertz CT molecular complexity index is 706. The fourth-order valence-electron chi connectivity index (χ4n) is 2.21. The van der Waals surface area contributed by atoms with Crippen molar-refractivity contribution in [3.8, 4) is 11.5 Å². The predicted molar refractivity (Wildman–Crippen MR) is 96.7 cm³/mol. The molecule has 1 heterocycles. The predicted octanol–water partition coefficient (Wildman–Crippen LogP) is 2.80. The molecule has 0 aliphatic rings. The number of benzene rings is 1. The Morgan fingerprint density at radius 2 is 1.96 bits per heavy atom. The van der Waals surface area contributed by atoms with Gasteiger partial charge in [0, 0.05) is 38.1 Å². The molecule has 0 unspecified atom stereocenters. The second kappa shape index (κ2) is 9.48. The number of hydrogen-bond acceptors (Lipinski definition) is 6. The Morgan fingerprint density at radius 1 is 1.12 bits per heavy atom. The van der Waals surface area contributed by atoms with Crippen molar-refractivity contribution in [3.63, 3.8) is 0 Å². The third kappa shape index (κ3) is 5.36. The Labute approximate surface area is 147 Å². The second-order valence-electron chi connectivity index (χ2n) is 5.22. The Kier molecular flexibility index (Phi) is 7.03. The molecule has 134 valence electrons. The zero-order chi connectivity index (χ0) is 18.1. The average Bonchev–Trinajstić information content (AvgIpc) is 2.65. The van der Waals surface area contributed by atoms with Gasteiger partial charge in [0.25, 0.3) is 5.91 Å². The molecule has 2 aromatic rings. The molecule has 0 atom stereocenters. The number of nitrogens with zero attached hydrogens (tertiary/aromatic N) is 1. The first-order valence-electron chi connectivity index (χ1n) is 7.90. The summed E-state index contributed by atoms with van der Waals surface area (Å²) in [7, 11) is 4.78. The van der Waals surface area contributed by atoms with Crippen molar-refractivity contribution < 1.29 is 19.0 Å². The number of ether oxygens (including phenoxy) is 3. The molecular formula is C18H23N3O4. The molecule has 2 N–H and O–H groups in total. The lowest BCUT2D eigenvalue weighted by molar-refractivity contribution is 0.102. The van der Waals surface area contributed by atoms with Gasteiger partial charge in [-0.05, 0) is 30.7 Å². The smallest absolute Gasteiger partial charge is 0.255 e. The van der Waals surface area contributed by atoms with Gasteiger partial charge in [0.15, 0.2) is 0 Å². The Morgan fingerprint density at radius 3 is 2.68 bits per heavy atom. The van der Waals surface area contributed by atoms with E-state index in [2.05, 4.69) is 15.6 Å². The van der Waals surface area contributed by atoms with Gasteiger partial charge in [0.2, 0.25) is 0 Å². The summed E-state index contributed by atoms with van der Waals surface area (Å²) in [6.45, 7) is 1.39. The minimum absolute atomic E-state index is 0.256. The van der Waals surface area contributed by atoms with Crippen LogP contribution in [-0.4, -0.2) is 45.4 Å². The van der Waals surface area contributed by atoms with Gasteiger partial charge in [-0.2, -0.15) is 0 Å². The molecule has 7 nitrogen and oxygen atoms in total. The zero-order valence-electron chi connectivity index (χ0n) is 14.7. The number of rotatable bonds is 9. The normalized spacial score (nSPS) is 10.2. The van der Waals surface area contributed by atoms with E-state index in [1.165, 1.54) is 0 Å². The highest BCUT2D eigenvalue weighted by molar-refractivity contribution is 6.05. The monoisotopic (exact) mass is 345 g/mol. The highest BCUT2D eigenvalue weighted by Gasteiger charge is 2.12. The number of carbonyl (C=O) groups excluding carboxylic acids is 1. The van der Waals surface area contributed by atoms with E-state index in [1.54, 1.807) is 57.9 Å². The SMILES string of the molecule is COCCCNc1cc(C(=O)Nc2cc(OC)ccc2OC)ccn1. The number of amides is 1. The molecule has 2 rings (SSSR count). The van der Waals surface area contributed by atoms with Gasteiger partial charge >= 0.3 is 0 Å². The lowest BCUT2D eigenvalue weighted by Gasteiger charge is -2.12. The molecule has 0 radical (unpaired) electrons. The van der Waals surface area contributed by atoms with Crippen LogP contribution < -0.4 is 20.1 Å². The van der Waals surface area contributed by atoms with Crippen LogP contribution in [0.3, 0.4) is 0 Å². The molecular weight excluding hydrogens is 322 g/mol. The van der Waals surface area contributed by atoms with Crippen LogP contribution >= 0.6 is 0 Å². The fraction of sp³-hybridized carbons (Fsp3) is 0.333. The molecule has 0 aliphatic carbocycles. The van der Waals surface area contributed by atoms with E-state index in [-0.39, 0.29) is 5.91 Å². The van der Waals surface area contributed by atoms with E-state index in [1.807, 2.05) is 0 Å². The third-order valence-electron chi connectivity index (χ3n) is 3.51. The first-order valence-corrected chi connectivity index (χ1v) is 7.90. The zero-order valence-corrected chi connectivity index (χ0v) is 14.7. The number of pyridine rings is 1. The number of methoxy groups -OCH3 is 3. The Balaban J connectivity index is 2.08. The van der Waals surface area contributed by atoms with E-state index < -0.39 is 0 Å². The van der Waals surface area contributed by atoms with Crippen LogP contribution in [-0.2, 0) is 4.74 Å². The number of hydrogen-bond donors (Lipinski definition) is 2. The molecule has 0 saturated heterocycles. The minimum Gasteiger partial charge on any atom is -0.497 e. The molecule has 0 fully saturated rings. The van der Waals surface area contributed by atoms with Gasteiger partial charge in [0.1, 0.15) is 17.3 Å². The van der Waals surface area contributed by atoms with Crippen molar-refractivity contribution in [1.82, 2.24) is 4.98 Å². The first kappa shape index (κ1) is 18.5. The molecule has 1 aromatic heterocycles. The number of carbonyl (C=O) groups is 1. The molecule has 25 heavy (non-hydrogen) atoms. The standard InChI is InChI=1S/C18H23N3O4/c1-23-10-4-8-19-17-11-13(7-9-20-17)18(22)21-15-12-14(24-2)5-6-16(15)25-3/h5-7,9,11-12H,4,8,10H2,1-3H3,(H,19,20)(H,21,22). The number of nitrogens with one attached hydrogen (secondary N) is 2. The average molecular weight is 345 g/mol. The highest BCUT2D eigenvalue weighted by atomic mass is 16.5.